The van der Waals surface area contributed by atoms with Gasteiger partial charge < -0.3 is 5.32 Å². The van der Waals surface area contributed by atoms with Gasteiger partial charge in [-0.15, -0.1) is 0 Å². The van der Waals surface area contributed by atoms with Crippen molar-refractivity contribution in [3.8, 4) is 0 Å². The average Bonchev–Trinajstić information content (AvgIpc) is 2.61. The number of fused-ring (bicyclic) bond motifs is 2. The van der Waals surface area contributed by atoms with Crippen LogP contribution in [0.4, 0.5) is 11.4 Å². The number of rotatable bonds is 1. The summed E-state index contributed by atoms with van der Waals surface area (Å²) in [5, 5.41) is 11.5. The molecule has 3 aromatic heterocycles. The zero-order valence-electron chi connectivity index (χ0n) is 12.0. The summed E-state index contributed by atoms with van der Waals surface area (Å²) in [4.78, 5) is 52.8. The highest BCUT2D eigenvalue weighted by molar-refractivity contribution is 5.73. The summed E-state index contributed by atoms with van der Waals surface area (Å²) >= 11 is 0. The van der Waals surface area contributed by atoms with E-state index in [-0.39, 0.29) is 22.5 Å². The van der Waals surface area contributed by atoms with Gasteiger partial charge in [-0.2, -0.15) is 0 Å². The zero-order chi connectivity index (χ0) is 16.8. The molecule has 120 valence electrons. The van der Waals surface area contributed by atoms with E-state index in [4.69, 9.17) is 0 Å². The van der Waals surface area contributed by atoms with Crippen LogP contribution >= 0.6 is 0 Å². The quantitative estimate of drug-likeness (QED) is 0.304. The topological polar surface area (TPSA) is 156 Å². The van der Waals surface area contributed by atoms with E-state index in [0.29, 0.717) is 5.56 Å². The van der Waals surface area contributed by atoms with E-state index in [9.17, 15) is 19.2 Å². The highest BCUT2D eigenvalue weighted by Gasteiger charge is 2.35. The molecular formula is C14H10N6O4. The first-order valence-corrected chi connectivity index (χ1v) is 6.94. The second-order valence-electron chi connectivity index (χ2n) is 5.23. The van der Waals surface area contributed by atoms with Crippen molar-refractivity contribution in [1.82, 2.24) is 25.4 Å². The predicted molar refractivity (Wildman–Crippen MR) is 83.8 cm³/mol. The normalized spacial score (nSPS) is 13.0. The van der Waals surface area contributed by atoms with Crippen LogP contribution in [0.1, 0.15) is 22.6 Å². The fourth-order valence-electron chi connectivity index (χ4n) is 2.92. The van der Waals surface area contributed by atoms with Crippen molar-refractivity contribution in [2.24, 2.45) is 0 Å². The molecule has 0 saturated carbocycles. The Morgan fingerprint density at radius 1 is 0.708 bits per heavy atom. The monoisotopic (exact) mass is 326 g/mol. The van der Waals surface area contributed by atoms with Crippen molar-refractivity contribution in [3.63, 3.8) is 0 Å². The van der Waals surface area contributed by atoms with Gasteiger partial charge in [0, 0.05) is 18.3 Å². The van der Waals surface area contributed by atoms with E-state index >= 15 is 0 Å². The molecule has 3 aromatic rings. The van der Waals surface area contributed by atoms with Crippen LogP contribution in [0.3, 0.4) is 0 Å². The van der Waals surface area contributed by atoms with E-state index in [1.54, 1.807) is 12.1 Å². The van der Waals surface area contributed by atoms with Gasteiger partial charge >= 0.3 is 0 Å². The van der Waals surface area contributed by atoms with E-state index in [1.165, 1.54) is 12.4 Å². The van der Waals surface area contributed by atoms with Crippen LogP contribution in [0.25, 0.3) is 0 Å². The number of hydrogen-bond donors (Lipinski definition) is 5. The molecule has 0 spiro atoms. The molecule has 4 rings (SSSR count). The Kier molecular flexibility index (Phi) is 2.85. The molecule has 0 unspecified atom stereocenters. The Hall–Kier alpha value is -3.69. The predicted octanol–water partition coefficient (Wildman–Crippen LogP) is -0.928. The van der Waals surface area contributed by atoms with Crippen LogP contribution in [0.15, 0.2) is 43.7 Å². The van der Waals surface area contributed by atoms with Crippen LogP contribution in [0.5, 0.6) is 0 Å². The molecule has 0 fully saturated rings. The number of nitrogens with one attached hydrogen (secondary N) is 5. The third-order valence-corrected chi connectivity index (χ3v) is 3.93. The van der Waals surface area contributed by atoms with Gasteiger partial charge in [-0.25, -0.2) is 0 Å². The van der Waals surface area contributed by atoms with Crippen LogP contribution in [0, 0.1) is 0 Å². The van der Waals surface area contributed by atoms with Crippen LogP contribution < -0.4 is 27.6 Å². The standard InChI is InChI=1S/C14H10N6O4/c21-11-7-6(5-1-3-15-4-2-5)8-10(14(24)20-18-12(8)22)16-9(7)13(23)19-17-11/h1-4,6,16H,(H,17,21)(H,18,22)(H,19,23)(H,20,24). The second kappa shape index (κ2) is 4.91. The lowest BCUT2D eigenvalue weighted by molar-refractivity contribution is 0.824. The first-order chi connectivity index (χ1) is 11.6. The van der Waals surface area contributed by atoms with Gasteiger partial charge in [-0.05, 0) is 17.7 Å². The lowest BCUT2D eigenvalue weighted by Crippen LogP contribution is -2.38. The van der Waals surface area contributed by atoms with Crippen molar-refractivity contribution < 1.29 is 0 Å². The van der Waals surface area contributed by atoms with Crippen LogP contribution in [0.2, 0.25) is 0 Å². The molecule has 0 saturated heterocycles. The van der Waals surface area contributed by atoms with Crippen molar-refractivity contribution in [3.05, 3.63) is 82.6 Å². The first kappa shape index (κ1) is 13.9. The number of nitrogens with zero attached hydrogens (tertiary/aromatic N) is 1. The number of aromatic nitrogens is 5. The fraction of sp³-hybridized carbons (Fsp3) is 0.0714. The minimum atomic E-state index is -0.878. The van der Waals surface area contributed by atoms with Crippen molar-refractivity contribution in [1.29, 1.82) is 0 Å². The number of pyridine rings is 1. The average molecular weight is 326 g/mol. The molecule has 10 heteroatoms. The molecule has 0 radical (unpaired) electrons. The molecule has 1 aliphatic heterocycles. The Bertz CT molecular complexity index is 1100. The summed E-state index contributed by atoms with van der Waals surface area (Å²) in [6.45, 7) is 0. The number of H-pyrrole nitrogens is 4. The van der Waals surface area contributed by atoms with Gasteiger partial charge in [-0.1, -0.05) is 0 Å². The third kappa shape index (κ3) is 1.86. The van der Waals surface area contributed by atoms with Crippen molar-refractivity contribution >= 4 is 11.4 Å². The minimum absolute atomic E-state index is 0.0635. The maximum atomic E-state index is 12.3. The summed E-state index contributed by atoms with van der Waals surface area (Å²) in [7, 11) is 0. The molecule has 1 aliphatic rings. The summed E-state index contributed by atoms with van der Waals surface area (Å²) in [5.74, 6) is -0.878. The van der Waals surface area contributed by atoms with E-state index in [1.807, 2.05) is 0 Å². The van der Waals surface area contributed by atoms with Crippen molar-refractivity contribution in [2.45, 2.75) is 5.92 Å². The highest BCUT2D eigenvalue weighted by atomic mass is 16.2. The van der Waals surface area contributed by atoms with E-state index in [2.05, 4.69) is 30.7 Å². The lowest BCUT2D eigenvalue weighted by Gasteiger charge is -2.26. The largest absolute Gasteiger partial charge is 0.346 e. The lowest BCUT2D eigenvalue weighted by atomic mass is 9.83. The van der Waals surface area contributed by atoms with Gasteiger partial charge in [0.2, 0.25) is 0 Å². The maximum Gasteiger partial charge on any atom is 0.286 e. The number of hydrogen-bond acceptors (Lipinski definition) is 6. The smallest absolute Gasteiger partial charge is 0.286 e. The summed E-state index contributed by atoms with van der Waals surface area (Å²) < 4.78 is 0. The maximum absolute atomic E-state index is 12.3. The molecule has 5 N–H and O–H groups in total. The van der Waals surface area contributed by atoms with Crippen LogP contribution in [-0.4, -0.2) is 25.4 Å². The molecule has 4 heterocycles. The molecular weight excluding hydrogens is 316 g/mol. The number of aromatic amines is 4. The van der Waals surface area contributed by atoms with Gasteiger partial charge in [0.25, 0.3) is 22.2 Å². The summed E-state index contributed by atoms with van der Waals surface area (Å²) in [6.07, 6.45) is 3.00. The second-order valence-corrected chi connectivity index (χ2v) is 5.23. The van der Waals surface area contributed by atoms with Crippen molar-refractivity contribution in [2.75, 3.05) is 5.32 Å². The van der Waals surface area contributed by atoms with Gasteiger partial charge in [-0.3, -0.25) is 44.6 Å². The van der Waals surface area contributed by atoms with Gasteiger partial charge in [0.1, 0.15) is 11.4 Å². The Labute approximate surface area is 131 Å². The van der Waals surface area contributed by atoms with Gasteiger partial charge in [0.05, 0.1) is 11.1 Å². The molecule has 0 amide bonds. The Morgan fingerprint density at radius 3 is 1.67 bits per heavy atom. The summed E-state index contributed by atoms with van der Waals surface area (Å²) in [5.41, 5.74) is -1.78. The summed E-state index contributed by atoms with van der Waals surface area (Å²) in [6, 6.07) is 3.23. The minimum Gasteiger partial charge on any atom is -0.346 e. The molecule has 10 nitrogen and oxygen atoms in total. The van der Waals surface area contributed by atoms with E-state index < -0.39 is 28.2 Å². The highest BCUT2D eigenvalue weighted by Crippen LogP contribution is 2.37. The Balaban J connectivity index is 2.18. The first-order valence-electron chi connectivity index (χ1n) is 6.94. The molecule has 24 heavy (non-hydrogen) atoms. The van der Waals surface area contributed by atoms with Gasteiger partial charge in [0.15, 0.2) is 0 Å². The van der Waals surface area contributed by atoms with Crippen LogP contribution in [-0.2, 0) is 0 Å². The molecule has 0 aromatic carbocycles. The molecule has 0 atom stereocenters. The van der Waals surface area contributed by atoms with E-state index in [0.717, 1.165) is 0 Å². The molecule has 0 aliphatic carbocycles. The SMILES string of the molecule is O=c1[nH][nH]c(=O)c2c1Nc1c(c(=O)[nH][nH]c1=O)C2c1ccncc1. The number of anilines is 2. The Morgan fingerprint density at radius 2 is 1.17 bits per heavy atom. The molecule has 0 bridgehead atoms. The fourth-order valence-corrected chi connectivity index (χ4v) is 2.92. The zero-order valence-corrected chi connectivity index (χ0v) is 12.0. The third-order valence-electron chi connectivity index (χ3n) is 3.93.